The number of aromatic nitrogens is 2. The van der Waals surface area contributed by atoms with Crippen molar-refractivity contribution in [3.8, 4) is 0 Å². The smallest absolute Gasteiger partial charge is 0.211 e. The predicted octanol–water partition coefficient (Wildman–Crippen LogP) is 4.70. The predicted molar refractivity (Wildman–Crippen MR) is 106 cm³/mol. The van der Waals surface area contributed by atoms with Crippen LogP contribution in [0.3, 0.4) is 0 Å². The summed E-state index contributed by atoms with van der Waals surface area (Å²) in [6, 6.07) is 18.3. The lowest BCUT2D eigenvalue weighted by Crippen LogP contribution is -2.13. The molecule has 1 aliphatic rings. The van der Waals surface area contributed by atoms with Gasteiger partial charge < -0.3 is 4.74 Å². The largest absolute Gasteiger partial charge is 0.381 e. The van der Waals surface area contributed by atoms with Gasteiger partial charge in [-0.15, -0.1) is 0 Å². The van der Waals surface area contributed by atoms with Crippen molar-refractivity contribution in [1.82, 2.24) is 9.78 Å². The molecule has 1 fully saturated rings. The highest BCUT2D eigenvalue weighted by Crippen LogP contribution is 2.33. The molecule has 2 heterocycles. The van der Waals surface area contributed by atoms with Crippen LogP contribution in [-0.2, 0) is 11.8 Å². The highest BCUT2D eigenvalue weighted by molar-refractivity contribution is 7.99. The van der Waals surface area contributed by atoms with E-state index in [0.29, 0.717) is 17.2 Å². The quantitative estimate of drug-likeness (QED) is 0.604. The Morgan fingerprint density at radius 3 is 2.56 bits per heavy atom. The topological polar surface area (TPSA) is 44.1 Å². The van der Waals surface area contributed by atoms with Crippen molar-refractivity contribution in [2.24, 2.45) is 7.05 Å². The SMILES string of the molecule is Cn1nccc1C(=O)c1ccc(Sc2cccc(C3CCOCC3)c2)cc1. The van der Waals surface area contributed by atoms with Gasteiger partial charge in [-0.25, -0.2) is 0 Å². The number of ketones is 1. The van der Waals surface area contributed by atoms with Gasteiger partial charge in [-0.1, -0.05) is 23.9 Å². The van der Waals surface area contributed by atoms with E-state index in [1.807, 2.05) is 24.3 Å². The van der Waals surface area contributed by atoms with Crippen molar-refractivity contribution in [2.75, 3.05) is 13.2 Å². The molecular weight excluding hydrogens is 356 g/mol. The zero-order chi connectivity index (χ0) is 18.6. The molecule has 27 heavy (non-hydrogen) atoms. The second-order valence-electron chi connectivity index (χ2n) is 6.75. The van der Waals surface area contributed by atoms with Gasteiger partial charge in [-0.05, 0) is 66.8 Å². The number of benzene rings is 2. The summed E-state index contributed by atoms with van der Waals surface area (Å²) >= 11 is 1.73. The lowest BCUT2D eigenvalue weighted by molar-refractivity contribution is 0.0853. The van der Waals surface area contributed by atoms with Gasteiger partial charge in [-0.3, -0.25) is 9.48 Å². The van der Waals surface area contributed by atoms with Crippen LogP contribution in [-0.4, -0.2) is 28.8 Å². The molecule has 5 heteroatoms. The maximum absolute atomic E-state index is 12.5. The molecule has 1 saturated heterocycles. The van der Waals surface area contributed by atoms with Crippen molar-refractivity contribution in [1.29, 1.82) is 0 Å². The van der Waals surface area contributed by atoms with Gasteiger partial charge >= 0.3 is 0 Å². The lowest BCUT2D eigenvalue weighted by atomic mass is 9.92. The zero-order valence-electron chi connectivity index (χ0n) is 15.3. The van der Waals surface area contributed by atoms with E-state index in [9.17, 15) is 4.79 Å². The van der Waals surface area contributed by atoms with Gasteiger partial charge in [0.1, 0.15) is 5.69 Å². The number of ether oxygens (including phenoxy) is 1. The molecule has 0 radical (unpaired) electrons. The summed E-state index contributed by atoms with van der Waals surface area (Å²) in [4.78, 5) is 14.9. The molecule has 3 aromatic rings. The van der Waals surface area contributed by atoms with Gasteiger partial charge in [0.2, 0.25) is 5.78 Å². The molecule has 0 aliphatic carbocycles. The van der Waals surface area contributed by atoms with Crippen LogP contribution in [0.1, 0.15) is 40.4 Å². The minimum atomic E-state index is -0.00642. The third kappa shape index (κ3) is 4.15. The third-order valence-electron chi connectivity index (χ3n) is 4.96. The fourth-order valence-electron chi connectivity index (χ4n) is 3.42. The number of nitrogens with zero attached hydrogens (tertiary/aromatic N) is 2. The third-order valence-corrected chi connectivity index (χ3v) is 5.95. The van der Waals surface area contributed by atoms with Crippen LogP contribution in [0.15, 0.2) is 70.6 Å². The van der Waals surface area contributed by atoms with E-state index in [0.717, 1.165) is 31.0 Å². The molecule has 0 saturated carbocycles. The Morgan fingerprint density at radius 2 is 1.85 bits per heavy atom. The first kappa shape index (κ1) is 18.0. The molecule has 0 unspecified atom stereocenters. The number of carbonyl (C=O) groups excluding carboxylic acids is 1. The van der Waals surface area contributed by atoms with Crippen LogP contribution in [0.2, 0.25) is 0 Å². The number of hydrogen-bond donors (Lipinski definition) is 0. The maximum Gasteiger partial charge on any atom is 0.211 e. The van der Waals surface area contributed by atoms with Gasteiger partial charge in [0.15, 0.2) is 0 Å². The van der Waals surface area contributed by atoms with E-state index >= 15 is 0 Å². The summed E-state index contributed by atoms with van der Waals surface area (Å²) in [6.07, 6.45) is 3.83. The second kappa shape index (κ2) is 8.11. The van der Waals surface area contributed by atoms with Gasteiger partial charge in [0, 0.05) is 41.8 Å². The fourth-order valence-corrected chi connectivity index (χ4v) is 4.30. The van der Waals surface area contributed by atoms with Crippen LogP contribution in [0.4, 0.5) is 0 Å². The monoisotopic (exact) mass is 378 g/mol. The molecule has 1 aliphatic heterocycles. The first-order chi connectivity index (χ1) is 13.2. The molecule has 4 rings (SSSR count). The molecule has 0 atom stereocenters. The number of rotatable bonds is 5. The standard InChI is InChI=1S/C22H22N2O2S/c1-24-21(9-12-23-24)22(25)17-5-7-19(8-6-17)27-20-4-2-3-18(15-20)16-10-13-26-14-11-16/h2-9,12,15-16H,10-11,13-14H2,1H3. The molecule has 0 spiro atoms. The number of aryl methyl sites for hydroxylation is 1. The summed E-state index contributed by atoms with van der Waals surface area (Å²) in [5, 5.41) is 4.07. The Kier molecular flexibility index (Phi) is 5.41. The summed E-state index contributed by atoms with van der Waals surface area (Å²) < 4.78 is 7.08. The summed E-state index contributed by atoms with van der Waals surface area (Å²) in [5.74, 6) is 0.589. The van der Waals surface area contributed by atoms with Crippen molar-refractivity contribution < 1.29 is 9.53 Å². The Morgan fingerprint density at radius 1 is 1.07 bits per heavy atom. The molecular formula is C22H22N2O2S. The van der Waals surface area contributed by atoms with E-state index in [4.69, 9.17) is 4.74 Å². The van der Waals surface area contributed by atoms with Crippen LogP contribution >= 0.6 is 11.8 Å². The van der Waals surface area contributed by atoms with Crippen molar-refractivity contribution in [3.63, 3.8) is 0 Å². The normalized spacial score (nSPS) is 15.0. The Hall–Kier alpha value is -2.37. The maximum atomic E-state index is 12.5. The zero-order valence-corrected chi connectivity index (χ0v) is 16.1. The summed E-state index contributed by atoms with van der Waals surface area (Å²) in [7, 11) is 1.78. The molecule has 0 bridgehead atoms. The minimum absolute atomic E-state index is 0.00642. The van der Waals surface area contributed by atoms with E-state index in [1.165, 1.54) is 10.5 Å². The summed E-state index contributed by atoms with van der Waals surface area (Å²) in [5.41, 5.74) is 2.67. The van der Waals surface area contributed by atoms with Gasteiger partial charge in [-0.2, -0.15) is 5.10 Å². The van der Waals surface area contributed by atoms with E-state index in [1.54, 1.807) is 35.8 Å². The Bertz CT molecular complexity index is 927. The van der Waals surface area contributed by atoms with Crippen molar-refractivity contribution in [2.45, 2.75) is 28.6 Å². The molecule has 138 valence electrons. The minimum Gasteiger partial charge on any atom is -0.381 e. The van der Waals surface area contributed by atoms with Crippen molar-refractivity contribution >= 4 is 17.5 Å². The average Bonchev–Trinajstić information content (AvgIpc) is 3.15. The lowest BCUT2D eigenvalue weighted by Gasteiger charge is -2.22. The van der Waals surface area contributed by atoms with E-state index in [-0.39, 0.29) is 5.78 Å². The highest BCUT2D eigenvalue weighted by atomic mass is 32.2. The average molecular weight is 378 g/mol. The Balaban J connectivity index is 1.47. The van der Waals surface area contributed by atoms with Crippen LogP contribution < -0.4 is 0 Å². The Labute approximate surface area is 163 Å². The first-order valence-electron chi connectivity index (χ1n) is 9.19. The van der Waals surface area contributed by atoms with Crippen LogP contribution in [0.25, 0.3) is 0 Å². The number of hydrogen-bond acceptors (Lipinski definition) is 4. The molecule has 0 N–H and O–H groups in total. The number of carbonyl (C=O) groups is 1. The second-order valence-corrected chi connectivity index (χ2v) is 7.90. The van der Waals surface area contributed by atoms with Gasteiger partial charge in [0.25, 0.3) is 0 Å². The molecule has 1 aromatic heterocycles. The molecule has 0 amide bonds. The summed E-state index contributed by atoms with van der Waals surface area (Å²) in [6.45, 7) is 1.71. The van der Waals surface area contributed by atoms with Crippen LogP contribution in [0, 0.1) is 0 Å². The first-order valence-corrected chi connectivity index (χ1v) is 10.0. The molecule has 2 aromatic carbocycles. The van der Waals surface area contributed by atoms with E-state index < -0.39 is 0 Å². The van der Waals surface area contributed by atoms with Crippen molar-refractivity contribution in [3.05, 3.63) is 77.6 Å². The van der Waals surface area contributed by atoms with Gasteiger partial charge in [0.05, 0.1) is 0 Å². The highest BCUT2D eigenvalue weighted by Gasteiger charge is 2.16. The van der Waals surface area contributed by atoms with Crippen LogP contribution in [0.5, 0.6) is 0 Å². The molecule has 4 nitrogen and oxygen atoms in total. The fraction of sp³-hybridized carbons (Fsp3) is 0.273. The van der Waals surface area contributed by atoms with E-state index in [2.05, 4.69) is 29.4 Å².